The third kappa shape index (κ3) is 2.06. The fourth-order valence-electron chi connectivity index (χ4n) is 0.757. The number of H-pyrrole nitrogens is 1. The summed E-state index contributed by atoms with van der Waals surface area (Å²) in [5.41, 5.74) is 1.23. The molecule has 0 saturated heterocycles. The summed E-state index contributed by atoms with van der Waals surface area (Å²) >= 11 is 1.90. The van der Waals surface area contributed by atoms with Gasteiger partial charge in [-0.15, -0.1) is 0 Å². The summed E-state index contributed by atoms with van der Waals surface area (Å²) in [6.07, 6.45) is 1.90. The Morgan fingerprint density at radius 2 is 2.50 bits per heavy atom. The molecule has 0 unspecified atom stereocenters. The smallest absolute Gasteiger partial charge is 0.103 e. The van der Waals surface area contributed by atoms with Gasteiger partial charge in [0.15, 0.2) is 0 Å². The maximum Gasteiger partial charge on any atom is 0.103 e. The van der Waals surface area contributed by atoms with Crippen LogP contribution in [0.1, 0.15) is 18.4 Å². The van der Waals surface area contributed by atoms with E-state index in [4.69, 9.17) is 0 Å². The van der Waals surface area contributed by atoms with Gasteiger partial charge >= 0.3 is 0 Å². The molecular weight excluding hydrogens is 144 g/mol. The average molecular weight is 156 g/mol. The summed E-state index contributed by atoms with van der Waals surface area (Å²) in [4.78, 5) is 7.28. The topological polar surface area (TPSA) is 28.7 Å². The van der Waals surface area contributed by atoms with Crippen LogP contribution in [0.5, 0.6) is 0 Å². The Morgan fingerprint density at radius 1 is 1.70 bits per heavy atom. The van der Waals surface area contributed by atoms with Gasteiger partial charge in [0.05, 0.1) is 0 Å². The molecule has 0 atom stereocenters. The molecule has 0 saturated carbocycles. The number of hydrogen-bond acceptors (Lipinski definition) is 2. The van der Waals surface area contributed by atoms with E-state index in [1.165, 1.54) is 5.69 Å². The van der Waals surface area contributed by atoms with Gasteiger partial charge in [-0.25, -0.2) is 4.98 Å². The van der Waals surface area contributed by atoms with Crippen LogP contribution in [0.25, 0.3) is 0 Å². The maximum absolute atomic E-state index is 4.10. The largest absolute Gasteiger partial charge is 0.345 e. The summed E-state index contributed by atoms with van der Waals surface area (Å²) in [6, 6.07) is 0. The molecule has 56 valence electrons. The van der Waals surface area contributed by atoms with Crippen molar-refractivity contribution in [2.75, 3.05) is 5.75 Å². The van der Waals surface area contributed by atoms with E-state index < -0.39 is 0 Å². The Balaban J connectivity index is 2.42. The zero-order chi connectivity index (χ0) is 7.40. The third-order valence-electron chi connectivity index (χ3n) is 1.22. The van der Waals surface area contributed by atoms with Crippen molar-refractivity contribution in [2.24, 2.45) is 0 Å². The van der Waals surface area contributed by atoms with E-state index in [1.54, 1.807) is 0 Å². The first-order valence-electron chi connectivity index (χ1n) is 3.41. The molecule has 1 aromatic heterocycles. The molecule has 2 nitrogen and oxygen atoms in total. The minimum absolute atomic E-state index is 1.01. The molecule has 0 aliphatic heterocycles. The van der Waals surface area contributed by atoms with Gasteiger partial charge in [0.2, 0.25) is 0 Å². The molecule has 0 bridgehead atoms. The Bertz CT molecular complexity index is 195. The van der Waals surface area contributed by atoms with E-state index in [-0.39, 0.29) is 0 Å². The van der Waals surface area contributed by atoms with Gasteiger partial charge in [-0.2, -0.15) is 11.8 Å². The van der Waals surface area contributed by atoms with E-state index in [0.29, 0.717) is 0 Å². The standard InChI is InChI=1S/C7H12N2S/c1-3-10-5-7-4-8-6(2)9-7/h4H,3,5H2,1-2H3,(H,8,9). The van der Waals surface area contributed by atoms with Crippen molar-refractivity contribution < 1.29 is 0 Å². The molecule has 1 N–H and O–H groups in total. The molecule has 1 aromatic rings. The van der Waals surface area contributed by atoms with Crippen molar-refractivity contribution in [3.8, 4) is 0 Å². The van der Waals surface area contributed by atoms with E-state index >= 15 is 0 Å². The Kier molecular flexibility index (Phi) is 2.81. The summed E-state index contributed by atoms with van der Waals surface area (Å²) in [5.74, 6) is 3.22. The zero-order valence-corrected chi connectivity index (χ0v) is 7.16. The predicted octanol–water partition coefficient (Wildman–Crippen LogP) is 1.97. The van der Waals surface area contributed by atoms with Crippen LogP contribution in [0.2, 0.25) is 0 Å². The molecule has 1 rings (SSSR count). The average Bonchev–Trinajstić information content (AvgIpc) is 2.31. The minimum atomic E-state index is 1.01. The third-order valence-corrected chi connectivity index (χ3v) is 2.14. The number of nitrogens with zero attached hydrogens (tertiary/aromatic N) is 1. The van der Waals surface area contributed by atoms with Crippen LogP contribution in [-0.4, -0.2) is 15.7 Å². The summed E-state index contributed by atoms with van der Waals surface area (Å²) in [5, 5.41) is 0. The van der Waals surface area contributed by atoms with Crippen molar-refractivity contribution >= 4 is 11.8 Å². The number of hydrogen-bond donors (Lipinski definition) is 1. The molecule has 10 heavy (non-hydrogen) atoms. The normalized spacial score (nSPS) is 10.2. The van der Waals surface area contributed by atoms with Crippen molar-refractivity contribution in [1.82, 2.24) is 9.97 Å². The Labute approximate surface area is 65.4 Å². The van der Waals surface area contributed by atoms with Crippen LogP contribution in [0.15, 0.2) is 6.20 Å². The fraction of sp³-hybridized carbons (Fsp3) is 0.571. The highest BCUT2D eigenvalue weighted by Crippen LogP contribution is 2.08. The lowest BCUT2D eigenvalue weighted by molar-refractivity contribution is 1.12. The second kappa shape index (κ2) is 3.66. The molecule has 0 aromatic carbocycles. The number of aryl methyl sites for hydroxylation is 1. The first kappa shape index (κ1) is 7.66. The second-order valence-corrected chi connectivity index (χ2v) is 3.41. The summed E-state index contributed by atoms with van der Waals surface area (Å²) < 4.78 is 0. The maximum atomic E-state index is 4.10. The minimum Gasteiger partial charge on any atom is -0.345 e. The number of nitrogens with one attached hydrogen (secondary N) is 1. The molecule has 0 radical (unpaired) electrons. The molecule has 0 spiro atoms. The molecule has 3 heteroatoms. The summed E-state index contributed by atoms with van der Waals surface area (Å²) in [7, 11) is 0. The Morgan fingerprint density at radius 3 is 3.00 bits per heavy atom. The molecule has 0 fully saturated rings. The summed E-state index contributed by atoms with van der Waals surface area (Å²) in [6.45, 7) is 4.13. The number of aromatic nitrogens is 2. The van der Waals surface area contributed by atoms with Crippen LogP contribution < -0.4 is 0 Å². The van der Waals surface area contributed by atoms with Gasteiger partial charge in [-0.1, -0.05) is 6.92 Å². The fourth-order valence-corrected chi connectivity index (χ4v) is 1.33. The van der Waals surface area contributed by atoms with Crippen LogP contribution in [0, 0.1) is 6.92 Å². The quantitative estimate of drug-likeness (QED) is 0.724. The van der Waals surface area contributed by atoms with E-state index in [0.717, 1.165) is 17.3 Å². The van der Waals surface area contributed by atoms with Crippen LogP contribution >= 0.6 is 11.8 Å². The van der Waals surface area contributed by atoms with E-state index in [9.17, 15) is 0 Å². The van der Waals surface area contributed by atoms with Gasteiger partial charge in [0, 0.05) is 17.6 Å². The first-order valence-corrected chi connectivity index (χ1v) is 4.56. The van der Waals surface area contributed by atoms with E-state index in [1.807, 2.05) is 24.9 Å². The second-order valence-electron chi connectivity index (χ2n) is 2.13. The molecule has 0 aliphatic rings. The van der Waals surface area contributed by atoms with Gasteiger partial charge in [0.25, 0.3) is 0 Å². The van der Waals surface area contributed by atoms with E-state index in [2.05, 4.69) is 16.9 Å². The number of rotatable bonds is 3. The lowest BCUT2D eigenvalue weighted by atomic mass is 10.6. The Hall–Kier alpha value is -0.440. The van der Waals surface area contributed by atoms with Gasteiger partial charge < -0.3 is 4.98 Å². The van der Waals surface area contributed by atoms with Gasteiger partial charge in [-0.05, 0) is 12.7 Å². The highest BCUT2D eigenvalue weighted by molar-refractivity contribution is 7.98. The lowest BCUT2D eigenvalue weighted by Crippen LogP contribution is -1.80. The van der Waals surface area contributed by atoms with Crippen LogP contribution in [0.4, 0.5) is 0 Å². The molecule has 0 aliphatic carbocycles. The highest BCUT2D eigenvalue weighted by Gasteiger charge is 1.93. The van der Waals surface area contributed by atoms with Gasteiger partial charge in [0.1, 0.15) is 5.82 Å². The molecule has 0 amide bonds. The van der Waals surface area contributed by atoms with Gasteiger partial charge in [-0.3, -0.25) is 0 Å². The predicted molar refractivity (Wildman–Crippen MR) is 45.2 cm³/mol. The van der Waals surface area contributed by atoms with Crippen LogP contribution in [0.3, 0.4) is 0 Å². The molecule has 1 heterocycles. The van der Waals surface area contributed by atoms with Crippen LogP contribution in [-0.2, 0) is 5.75 Å². The van der Waals surface area contributed by atoms with Crippen molar-refractivity contribution in [1.29, 1.82) is 0 Å². The molecular formula is C7H12N2S. The number of imidazole rings is 1. The first-order chi connectivity index (χ1) is 4.83. The van der Waals surface area contributed by atoms with Crippen molar-refractivity contribution in [3.63, 3.8) is 0 Å². The SMILES string of the molecule is CCSCc1cnc(C)[nH]1. The van der Waals surface area contributed by atoms with Crippen molar-refractivity contribution in [2.45, 2.75) is 19.6 Å². The number of aromatic amines is 1. The lowest BCUT2D eigenvalue weighted by Gasteiger charge is -1.91. The zero-order valence-electron chi connectivity index (χ0n) is 6.35. The van der Waals surface area contributed by atoms with Crippen molar-refractivity contribution in [3.05, 3.63) is 17.7 Å². The monoisotopic (exact) mass is 156 g/mol. The number of thioether (sulfide) groups is 1. The highest BCUT2D eigenvalue weighted by atomic mass is 32.2.